The number of rotatable bonds is 3. The maximum atomic E-state index is 10.2. The van der Waals surface area contributed by atoms with Crippen LogP contribution in [0.1, 0.15) is 6.92 Å². The minimum absolute atomic E-state index is 0. The largest absolute Gasteiger partial charge is 0.412 e. The van der Waals surface area contributed by atoms with Crippen LogP contribution in [-0.2, 0) is 32.3 Å². The topological polar surface area (TPSA) is 130 Å². The van der Waals surface area contributed by atoms with E-state index < -0.39 is 0 Å². The summed E-state index contributed by atoms with van der Waals surface area (Å²) >= 11 is 1.33. The average molecular weight is 349 g/mol. The third kappa shape index (κ3) is 17.8. The molecule has 7 heteroatoms. The van der Waals surface area contributed by atoms with Gasteiger partial charge in [-0.1, -0.05) is 0 Å². The second kappa shape index (κ2) is 16.5. The predicted octanol–water partition coefficient (Wildman–Crippen LogP) is -2.45. The molecule has 0 aliphatic rings. The van der Waals surface area contributed by atoms with Crippen LogP contribution >= 0.6 is 0 Å². The summed E-state index contributed by atoms with van der Waals surface area (Å²) in [5.74, 6) is -0.327. The molecule has 0 rings (SSSR count). The smallest absolute Gasteiger partial charge is 0.412 e. The molecule has 0 saturated carbocycles. The van der Waals surface area contributed by atoms with Gasteiger partial charge in [0.15, 0.2) is 0 Å². The Morgan fingerprint density at radius 3 is 2.09 bits per heavy atom. The number of ether oxygens (including phenoxy) is 1. The van der Waals surface area contributed by atoms with Gasteiger partial charge >= 0.3 is 58.4 Å². The van der Waals surface area contributed by atoms with E-state index in [4.69, 9.17) is 4.74 Å². The van der Waals surface area contributed by atoms with Crippen LogP contribution in [0.5, 0.6) is 0 Å². The van der Waals surface area contributed by atoms with Crippen molar-refractivity contribution in [3.05, 3.63) is 0 Å². The molecule has 74 valence electrons. The Morgan fingerprint density at radius 1 is 1.36 bits per heavy atom. The van der Waals surface area contributed by atoms with E-state index in [1.165, 1.54) is 19.3 Å². The molecule has 0 fully saturated rings. The van der Waals surface area contributed by atoms with Crippen LogP contribution in [0.3, 0.4) is 0 Å². The molecule has 0 aromatic carbocycles. The Bertz CT molecular complexity index is 77.0. The molecule has 0 aromatic rings. The molecule has 0 bridgehead atoms. The SMILES string of the molecule is CCOCC(=O)[O][Ir].O.O.O. The zero-order valence-corrected chi connectivity index (χ0v) is 8.37. The molecule has 0 aromatic heterocycles. The first-order valence-corrected chi connectivity index (χ1v) is 3.16. The van der Waals surface area contributed by atoms with E-state index in [1.54, 1.807) is 0 Å². The summed E-state index contributed by atoms with van der Waals surface area (Å²) in [5, 5.41) is 0. The first-order chi connectivity index (χ1) is 3.81. The van der Waals surface area contributed by atoms with Crippen molar-refractivity contribution >= 4 is 5.97 Å². The first kappa shape index (κ1) is 22.4. The van der Waals surface area contributed by atoms with Crippen LogP contribution < -0.4 is 0 Å². The Labute approximate surface area is 75.4 Å². The molecular formula is C4H13IrO6. The van der Waals surface area contributed by atoms with Gasteiger partial charge in [0.25, 0.3) is 0 Å². The normalized spacial score (nSPS) is 6.45. The van der Waals surface area contributed by atoms with Gasteiger partial charge in [0.2, 0.25) is 0 Å². The third-order valence-electron chi connectivity index (χ3n) is 0.500. The minimum atomic E-state index is -0.327. The summed E-state index contributed by atoms with van der Waals surface area (Å²) < 4.78 is 9.00. The van der Waals surface area contributed by atoms with Crippen molar-refractivity contribution in [3.63, 3.8) is 0 Å². The molecule has 0 amide bonds. The van der Waals surface area contributed by atoms with Crippen molar-refractivity contribution < 1.29 is 48.7 Å². The van der Waals surface area contributed by atoms with Gasteiger partial charge in [-0.25, -0.2) is 0 Å². The quantitative estimate of drug-likeness (QED) is 0.560. The van der Waals surface area contributed by atoms with E-state index >= 15 is 0 Å². The zero-order valence-electron chi connectivity index (χ0n) is 5.97. The van der Waals surface area contributed by atoms with Gasteiger partial charge in [0.1, 0.15) is 0 Å². The van der Waals surface area contributed by atoms with Gasteiger partial charge in [-0.2, -0.15) is 0 Å². The minimum Gasteiger partial charge on any atom is -0.412 e. The summed E-state index contributed by atoms with van der Waals surface area (Å²) in [7, 11) is 0. The van der Waals surface area contributed by atoms with Gasteiger partial charge in [0, 0.05) is 0 Å². The van der Waals surface area contributed by atoms with Crippen molar-refractivity contribution in [1.82, 2.24) is 0 Å². The fourth-order valence-corrected chi connectivity index (χ4v) is 0.346. The summed E-state index contributed by atoms with van der Waals surface area (Å²) in [4.78, 5) is 10.2. The molecule has 0 saturated heterocycles. The number of hydrogen-bond acceptors (Lipinski definition) is 3. The monoisotopic (exact) mass is 350 g/mol. The number of hydrogen-bond donors (Lipinski definition) is 0. The van der Waals surface area contributed by atoms with E-state index in [9.17, 15) is 4.79 Å². The van der Waals surface area contributed by atoms with Crippen LogP contribution in [0.4, 0.5) is 0 Å². The molecule has 0 atom stereocenters. The third-order valence-corrected chi connectivity index (χ3v) is 1.05. The maximum absolute atomic E-state index is 10.2. The van der Waals surface area contributed by atoms with Crippen molar-refractivity contribution in [2.45, 2.75) is 6.92 Å². The summed E-state index contributed by atoms with van der Waals surface area (Å²) in [6.07, 6.45) is 0. The Morgan fingerprint density at radius 2 is 1.82 bits per heavy atom. The van der Waals surface area contributed by atoms with Gasteiger partial charge in [0.05, 0.1) is 0 Å². The Kier molecular flexibility index (Phi) is 33.7. The van der Waals surface area contributed by atoms with Crippen LogP contribution in [-0.4, -0.2) is 35.6 Å². The molecule has 6 nitrogen and oxygen atoms in total. The second-order valence-electron chi connectivity index (χ2n) is 1.08. The molecule has 6 N–H and O–H groups in total. The molecule has 0 aliphatic carbocycles. The first-order valence-electron chi connectivity index (χ1n) is 2.18. The van der Waals surface area contributed by atoms with Crippen molar-refractivity contribution in [2.24, 2.45) is 0 Å². The van der Waals surface area contributed by atoms with Gasteiger partial charge in [-0.15, -0.1) is 0 Å². The fraction of sp³-hybridized carbons (Fsp3) is 0.750. The average Bonchev–Trinajstić information content (AvgIpc) is 1.83. The molecule has 0 heterocycles. The van der Waals surface area contributed by atoms with Crippen molar-refractivity contribution in [2.75, 3.05) is 13.2 Å². The maximum Gasteiger partial charge on any atom is -0.412 e. The van der Waals surface area contributed by atoms with E-state index in [0.29, 0.717) is 6.61 Å². The molecule has 0 aliphatic heterocycles. The van der Waals surface area contributed by atoms with Crippen molar-refractivity contribution in [1.29, 1.82) is 0 Å². The second-order valence-corrected chi connectivity index (χ2v) is 1.57. The Hall–Kier alpha value is -0.0406. The van der Waals surface area contributed by atoms with Gasteiger partial charge in [-0.05, 0) is 0 Å². The predicted molar refractivity (Wildman–Crippen MR) is 33.4 cm³/mol. The van der Waals surface area contributed by atoms with Crippen LogP contribution in [0.25, 0.3) is 0 Å². The van der Waals surface area contributed by atoms with Crippen LogP contribution in [0, 0.1) is 0 Å². The summed E-state index contributed by atoms with van der Waals surface area (Å²) in [6.45, 7) is 2.44. The van der Waals surface area contributed by atoms with Crippen LogP contribution in [0.15, 0.2) is 0 Å². The van der Waals surface area contributed by atoms with Crippen molar-refractivity contribution in [3.8, 4) is 0 Å². The Balaban J connectivity index is -0.0000000817. The number of carbonyl (C=O) groups is 1. The molecule has 0 spiro atoms. The van der Waals surface area contributed by atoms with Crippen LogP contribution in [0.2, 0.25) is 0 Å². The standard InChI is InChI=1S/C4H8O3.Ir.3H2O/c1-2-7-3-4(5)6;;;;/h2-3H2,1H3,(H,5,6);;3*1H2/q;+1;;;/p-1. The molecular weight excluding hydrogens is 336 g/mol. The summed E-state index contributed by atoms with van der Waals surface area (Å²) in [6, 6.07) is 0. The van der Waals surface area contributed by atoms with E-state index in [1.807, 2.05) is 6.92 Å². The molecule has 11 heavy (non-hydrogen) atoms. The number of carbonyl (C=O) groups excluding carboxylic acids is 1. The van der Waals surface area contributed by atoms with E-state index in [-0.39, 0.29) is 29.0 Å². The molecule has 0 radical (unpaired) electrons. The summed E-state index contributed by atoms with van der Waals surface area (Å²) in [5.41, 5.74) is 0. The zero-order chi connectivity index (χ0) is 6.41. The molecule has 0 unspecified atom stereocenters. The van der Waals surface area contributed by atoms with E-state index in [2.05, 4.69) is 3.50 Å². The van der Waals surface area contributed by atoms with E-state index in [0.717, 1.165) is 0 Å². The van der Waals surface area contributed by atoms with Gasteiger partial charge in [-0.3, -0.25) is 0 Å². The fourth-order valence-electron chi connectivity index (χ4n) is 0.205. The van der Waals surface area contributed by atoms with Gasteiger partial charge < -0.3 is 16.4 Å².